The SMILES string of the molecule is Cc1cc(C)c(CCC(=O)N2CCNC(=O)C[C@@H]2C)c(C)c1. The van der Waals surface area contributed by atoms with E-state index >= 15 is 0 Å². The molecule has 4 nitrogen and oxygen atoms in total. The molecule has 1 aliphatic rings. The Labute approximate surface area is 132 Å². The van der Waals surface area contributed by atoms with E-state index in [1.165, 1.54) is 22.3 Å². The van der Waals surface area contributed by atoms with Crippen molar-refractivity contribution in [3.8, 4) is 0 Å². The van der Waals surface area contributed by atoms with Crippen LogP contribution < -0.4 is 5.32 Å². The standard InChI is InChI=1S/C18H26N2O2/c1-12-9-13(2)16(14(3)10-12)5-6-18(22)20-8-7-19-17(21)11-15(20)4/h9-10,15H,5-8,11H2,1-4H3,(H,19,21)/t15-/m0/s1. The molecule has 22 heavy (non-hydrogen) atoms. The highest BCUT2D eigenvalue weighted by molar-refractivity contribution is 5.81. The minimum absolute atomic E-state index is 0.0183. The van der Waals surface area contributed by atoms with Gasteiger partial charge in [-0.15, -0.1) is 0 Å². The highest BCUT2D eigenvalue weighted by Crippen LogP contribution is 2.19. The van der Waals surface area contributed by atoms with Crippen LogP contribution in [0.3, 0.4) is 0 Å². The number of amides is 2. The van der Waals surface area contributed by atoms with Crippen LogP contribution in [0, 0.1) is 20.8 Å². The number of nitrogens with zero attached hydrogens (tertiary/aromatic N) is 1. The van der Waals surface area contributed by atoms with E-state index < -0.39 is 0 Å². The second kappa shape index (κ2) is 6.95. The second-order valence-corrected chi connectivity index (χ2v) is 6.37. The van der Waals surface area contributed by atoms with Gasteiger partial charge >= 0.3 is 0 Å². The molecule has 1 saturated heterocycles. The third-order valence-electron chi connectivity index (χ3n) is 4.44. The quantitative estimate of drug-likeness (QED) is 0.931. The highest BCUT2D eigenvalue weighted by Gasteiger charge is 2.24. The molecule has 0 spiro atoms. The van der Waals surface area contributed by atoms with E-state index in [0.29, 0.717) is 25.9 Å². The molecular formula is C18H26N2O2. The Morgan fingerprint density at radius 2 is 1.91 bits per heavy atom. The zero-order valence-corrected chi connectivity index (χ0v) is 14.0. The Balaban J connectivity index is 2.02. The molecular weight excluding hydrogens is 276 g/mol. The lowest BCUT2D eigenvalue weighted by molar-refractivity contribution is -0.133. The van der Waals surface area contributed by atoms with Crippen molar-refractivity contribution >= 4 is 11.8 Å². The van der Waals surface area contributed by atoms with E-state index in [1.54, 1.807) is 0 Å². The maximum Gasteiger partial charge on any atom is 0.223 e. The first-order valence-corrected chi connectivity index (χ1v) is 8.01. The number of carbonyl (C=O) groups excluding carboxylic acids is 2. The van der Waals surface area contributed by atoms with Crippen molar-refractivity contribution in [1.82, 2.24) is 10.2 Å². The molecule has 2 rings (SSSR count). The van der Waals surface area contributed by atoms with Crippen molar-refractivity contribution < 1.29 is 9.59 Å². The van der Waals surface area contributed by atoms with Crippen molar-refractivity contribution in [1.29, 1.82) is 0 Å². The Bertz CT molecular complexity index is 557. The van der Waals surface area contributed by atoms with Crippen molar-refractivity contribution in [3.63, 3.8) is 0 Å². The molecule has 1 aromatic rings. The van der Waals surface area contributed by atoms with E-state index in [-0.39, 0.29) is 17.9 Å². The number of rotatable bonds is 3. The predicted molar refractivity (Wildman–Crippen MR) is 87.8 cm³/mol. The van der Waals surface area contributed by atoms with Gasteiger partial charge < -0.3 is 10.2 Å². The maximum atomic E-state index is 12.5. The minimum atomic E-state index is -0.0183. The Kier molecular flexibility index (Phi) is 5.22. The number of carbonyl (C=O) groups is 2. The van der Waals surface area contributed by atoms with Gasteiger partial charge in [-0.2, -0.15) is 0 Å². The van der Waals surface area contributed by atoms with Crippen LogP contribution in [0.4, 0.5) is 0 Å². The van der Waals surface area contributed by atoms with E-state index in [4.69, 9.17) is 0 Å². The van der Waals surface area contributed by atoms with Crippen molar-refractivity contribution in [2.75, 3.05) is 13.1 Å². The summed E-state index contributed by atoms with van der Waals surface area (Å²) in [6.07, 6.45) is 1.67. The fourth-order valence-corrected chi connectivity index (χ4v) is 3.34. The molecule has 2 amide bonds. The van der Waals surface area contributed by atoms with Gasteiger partial charge in [0, 0.05) is 32.0 Å². The number of aryl methyl sites for hydroxylation is 3. The number of nitrogens with one attached hydrogen (secondary N) is 1. The predicted octanol–water partition coefficient (Wildman–Crippen LogP) is 2.28. The maximum absolute atomic E-state index is 12.5. The number of hydrogen-bond donors (Lipinski definition) is 1. The zero-order valence-electron chi connectivity index (χ0n) is 14.0. The van der Waals surface area contributed by atoms with E-state index in [2.05, 4.69) is 38.2 Å². The largest absolute Gasteiger partial charge is 0.354 e. The van der Waals surface area contributed by atoms with Gasteiger partial charge in [0.1, 0.15) is 0 Å². The van der Waals surface area contributed by atoms with Crippen LogP contribution in [0.1, 0.15) is 42.0 Å². The van der Waals surface area contributed by atoms with Gasteiger partial charge in [-0.05, 0) is 50.8 Å². The molecule has 120 valence electrons. The smallest absolute Gasteiger partial charge is 0.223 e. The second-order valence-electron chi connectivity index (χ2n) is 6.37. The third kappa shape index (κ3) is 3.87. The zero-order chi connectivity index (χ0) is 16.3. The molecule has 0 aromatic heterocycles. The highest BCUT2D eigenvalue weighted by atomic mass is 16.2. The first-order valence-electron chi connectivity index (χ1n) is 8.01. The van der Waals surface area contributed by atoms with Crippen LogP contribution in [-0.2, 0) is 16.0 Å². The van der Waals surface area contributed by atoms with Crippen molar-refractivity contribution in [3.05, 3.63) is 34.4 Å². The molecule has 4 heteroatoms. The molecule has 1 aliphatic heterocycles. The minimum Gasteiger partial charge on any atom is -0.354 e. The molecule has 1 fully saturated rings. The van der Waals surface area contributed by atoms with Crippen LogP contribution in [0.15, 0.2) is 12.1 Å². The summed E-state index contributed by atoms with van der Waals surface area (Å²) in [5, 5.41) is 2.83. The summed E-state index contributed by atoms with van der Waals surface area (Å²) in [6.45, 7) is 9.42. The fourth-order valence-electron chi connectivity index (χ4n) is 3.34. The van der Waals surface area contributed by atoms with Gasteiger partial charge in [-0.1, -0.05) is 17.7 Å². The topological polar surface area (TPSA) is 49.4 Å². The van der Waals surface area contributed by atoms with Crippen LogP contribution in [-0.4, -0.2) is 35.8 Å². The molecule has 0 aliphatic carbocycles. The summed E-state index contributed by atoms with van der Waals surface area (Å²) in [4.78, 5) is 25.9. The van der Waals surface area contributed by atoms with Gasteiger partial charge in [0.2, 0.25) is 11.8 Å². The third-order valence-corrected chi connectivity index (χ3v) is 4.44. The summed E-state index contributed by atoms with van der Waals surface area (Å²) < 4.78 is 0. The van der Waals surface area contributed by atoms with E-state index in [1.807, 2.05) is 11.8 Å². The molecule has 1 heterocycles. The van der Waals surface area contributed by atoms with Crippen LogP contribution in [0.5, 0.6) is 0 Å². The summed E-state index contributed by atoms with van der Waals surface area (Å²) in [5.74, 6) is 0.177. The summed E-state index contributed by atoms with van der Waals surface area (Å²) in [5.41, 5.74) is 5.04. The lowest BCUT2D eigenvalue weighted by Gasteiger charge is -2.26. The summed E-state index contributed by atoms with van der Waals surface area (Å²) >= 11 is 0. The average molecular weight is 302 g/mol. The van der Waals surface area contributed by atoms with Crippen LogP contribution in [0.2, 0.25) is 0 Å². The number of hydrogen-bond acceptors (Lipinski definition) is 2. The van der Waals surface area contributed by atoms with Gasteiger partial charge in [-0.3, -0.25) is 9.59 Å². The van der Waals surface area contributed by atoms with Crippen LogP contribution in [0.25, 0.3) is 0 Å². The molecule has 0 saturated carbocycles. The van der Waals surface area contributed by atoms with E-state index in [9.17, 15) is 9.59 Å². The van der Waals surface area contributed by atoms with Crippen LogP contribution >= 0.6 is 0 Å². The van der Waals surface area contributed by atoms with Gasteiger partial charge in [0.05, 0.1) is 0 Å². The summed E-state index contributed by atoms with van der Waals surface area (Å²) in [6, 6.07) is 4.32. The van der Waals surface area contributed by atoms with Gasteiger partial charge in [0.15, 0.2) is 0 Å². The molecule has 1 aromatic carbocycles. The fraction of sp³-hybridized carbons (Fsp3) is 0.556. The Morgan fingerprint density at radius 3 is 2.55 bits per heavy atom. The van der Waals surface area contributed by atoms with Crippen molar-refractivity contribution in [2.24, 2.45) is 0 Å². The first-order chi connectivity index (χ1) is 10.4. The molecule has 0 radical (unpaired) electrons. The lowest BCUT2D eigenvalue weighted by atomic mass is 9.96. The van der Waals surface area contributed by atoms with Crippen molar-refractivity contribution in [2.45, 2.75) is 53.0 Å². The van der Waals surface area contributed by atoms with E-state index in [0.717, 1.165) is 6.42 Å². The first kappa shape index (κ1) is 16.5. The summed E-state index contributed by atoms with van der Waals surface area (Å²) in [7, 11) is 0. The average Bonchev–Trinajstić information content (AvgIpc) is 2.57. The number of benzene rings is 1. The van der Waals surface area contributed by atoms with Gasteiger partial charge in [0.25, 0.3) is 0 Å². The van der Waals surface area contributed by atoms with Gasteiger partial charge in [-0.25, -0.2) is 0 Å². The monoisotopic (exact) mass is 302 g/mol. The molecule has 0 bridgehead atoms. The normalized spacial score (nSPS) is 18.8. The lowest BCUT2D eigenvalue weighted by Crippen LogP contribution is -2.39. The molecule has 0 unspecified atom stereocenters. The molecule has 1 N–H and O–H groups in total. The Morgan fingerprint density at radius 1 is 1.27 bits per heavy atom. The molecule has 1 atom stereocenters. The Hall–Kier alpha value is -1.84.